The highest BCUT2D eigenvalue weighted by molar-refractivity contribution is 9.10. The number of phenols is 1. The minimum atomic E-state index is 0.186. The molecule has 88 valence electrons. The molecule has 0 atom stereocenters. The molecule has 0 saturated carbocycles. The summed E-state index contributed by atoms with van der Waals surface area (Å²) in [7, 11) is 0. The fourth-order valence-corrected chi connectivity index (χ4v) is 1.81. The maximum Gasteiger partial charge on any atom is 0.123 e. The quantitative estimate of drug-likeness (QED) is 0.854. The van der Waals surface area contributed by atoms with E-state index in [9.17, 15) is 5.11 Å². The van der Waals surface area contributed by atoms with E-state index in [1.807, 2.05) is 18.2 Å². The molecule has 0 aliphatic heterocycles. The summed E-state index contributed by atoms with van der Waals surface area (Å²) >= 11 is 3.35. The maximum absolute atomic E-state index is 9.29. The number of hydrogen-bond donors (Lipinski definition) is 2. The number of rotatable bonds is 3. The predicted octanol–water partition coefficient (Wildman–Crippen LogP) is 3.32. The Kier molecular flexibility index (Phi) is 3.54. The van der Waals surface area contributed by atoms with Crippen molar-refractivity contribution >= 4 is 21.6 Å². The maximum atomic E-state index is 9.29. The highest BCUT2D eigenvalue weighted by Gasteiger charge is 2.01. The number of nitrogen functional groups attached to an aromatic ring is 1. The molecule has 0 saturated heterocycles. The largest absolute Gasteiger partial charge is 0.508 e. The first-order chi connectivity index (χ1) is 8.15. The second-order valence-electron chi connectivity index (χ2n) is 3.63. The normalized spacial score (nSPS) is 10.2. The van der Waals surface area contributed by atoms with Gasteiger partial charge in [-0.3, -0.25) is 0 Å². The van der Waals surface area contributed by atoms with Gasteiger partial charge >= 0.3 is 0 Å². The van der Waals surface area contributed by atoms with Crippen molar-refractivity contribution in [2.24, 2.45) is 0 Å². The topological polar surface area (TPSA) is 55.5 Å². The Balaban J connectivity index is 2.07. The van der Waals surface area contributed by atoms with Crippen LogP contribution in [-0.4, -0.2) is 5.11 Å². The lowest BCUT2D eigenvalue weighted by molar-refractivity contribution is 0.305. The Morgan fingerprint density at radius 2 is 2.00 bits per heavy atom. The summed E-state index contributed by atoms with van der Waals surface area (Å²) in [5, 5.41) is 9.29. The molecule has 2 aromatic rings. The molecule has 3 nitrogen and oxygen atoms in total. The molecule has 0 radical (unpaired) electrons. The third kappa shape index (κ3) is 3.14. The van der Waals surface area contributed by atoms with E-state index >= 15 is 0 Å². The molecule has 0 bridgehead atoms. The number of phenolic OH excluding ortho intramolecular Hbond substituents is 1. The van der Waals surface area contributed by atoms with Crippen LogP contribution in [0.2, 0.25) is 0 Å². The first-order valence-corrected chi connectivity index (χ1v) is 5.90. The van der Waals surface area contributed by atoms with Crippen molar-refractivity contribution in [2.75, 3.05) is 5.73 Å². The molecule has 3 N–H and O–H groups in total. The highest BCUT2D eigenvalue weighted by Crippen LogP contribution is 2.22. The number of hydrogen-bond acceptors (Lipinski definition) is 3. The smallest absolute Gasteiger partial charge is 0.123 e. The summed E-state index contributed by atoms with van der Waals surface area (Å²) in [5.74, 6) is 0.804. The predicted molar refractivity (Wildman–Crippen MR) is 71.0 cm³/mol. The Morgan fingerprint density at radius 3 is 2.71 bits per heavy atom. The van der Waals surface area contributed by atoms with Gasteiger partial charge in [0.2, 0.25) is 0 Å². The third-order valence-corrected chi connectivity index (χ3v) is 2.81. The fourth-order valence-electron chi connectivity index (χ4n) is 1.43. The molecule has 0 heterocycles. The lowest BCUT2D eigenvalue weighted by Crippen LogP contribution is -2.00. The van der Waals surface area contributed by atoms with Gasteiger partial charge in [0, 0.05) is 21.8 Å². The van der Waals surface area contributed by atoms with Crippen LogP contribution in [0.1, 0.15) is 5.56 Å². The van der Waals surface area contributed by atoms with Crippen LogP contribution in [-0.2, 0) is 6.61 Å². The minimum absolute atomic E-state index is 0.186. The van der Waals surface area contributed by atoms with Gasteiger partial charge in [0.15, 0.2) is 0 Å². The summed E-state index contributed by atoms with van der Waals surface area (Å²) in [4.78, 5) is 0. The summed E-state index contributed by atoms with van der Waals surface area (Å²) in [6, 6.07) is 12.3. The fraction of sp³-hybridized carbons (Fsp3) is 0.0769. The van der Waals surface area contributed by atoms with Gasteiger partial charge in [-0.05, 0) is 24.3 Å². The molecule has 2 rings (SSSR count). The lowest BCUT2D eigenvalue weighted by atomic mass is 10.2. The van der Waals surface area contributed by atoms with E-state index in [0.29, 0.717) is 18.0 Å². The van der Waals surface area contributed by atoms with Crippen molar-refractivity contribution < 1.29 is 9.84 Å². The van der Waals surface area contributed by atoms with Gasteiger partial charge in [-0.1, -0.05) is 28.1 Å². The third-order valence-electron chi connectivity index (χ3n) is 2.32. The average molecular weight is 294 g/mol. The van der Waals surface area contributed by atoms with Crippen molar-refractivity contribution in [3.8, 4) is 11.5 Å². The first kappa shape index (κ1) is 11.8. The van der Waals surface area contributed by atoms with Crippen LogP contribution in [0, 0.1) is 0 Å². The Labute approximate surface area is 108 Å². The Bertz CT molecular complexity index is 529. The number of benzene rings is 2. The summed E-state index contributed by atoms with van der Waals surface area (Å²) in [6.07, 6.45) is 0. The van der Waals surface area contributed by atoms with Crippen LogP contribution in [0.5, 0.6) is 11.5 Å². The first-order valence-electron chi connectivity index (χ1n) is 5.11. The van der Waals surface area contributed by atoms with Crippen molar-refractivity contribution in [1.29, 1.82) is 0 Å². The SMILES string of the molecule is Nc1cc(Br)ccc1COc1cccc(O)c1. The van der Waals surface area contributed by atoms with Crippen LogP contribution >= 0.6 is 15.9 Å². The van der Waals surface area contributed by atoms with E-state index in [2.05, 4.69) is 15.9 Å². The average Bonchev–Trinajstić information content (AvgIpc) is 2.28. The van der Waals surface area contributed by atoms with Crippen LogP contribution in [0.3, 0.4) is 0 Å². The van der Waals surface area contributed by atoms with E-state index in [1.165, 1.54) is 0 Å². The van der Waals surface area contributed by atoms with Gasteiger partial charge in [0.1, 0.15) is 18.1 Å². The van der Waals surface area contributed by atoms with Crippen molar-refractivity contribution in [3.63, 3.8) is 0 Å². The second-order valence-corrected chi connectivity index (χ2v) is 4.54. The van der Waals surface area contributed by atoms with Gasteiger partial charge in [0.05, 0.1) is 0 Å². The molecule has 4 heteroatoms. The molecule has 0 aliphatic rings. The zero-order valence-corrected chi connectivity index (χ0v) is 10.6. The zero-order chi connectivity index (χ0) is 12.3. The number of halogens is 1. The summed E-state index contributed by atoms with van der Waals surface area (Å²) in [5.41, 5.74) is 7.45. The zero-order valence-electron chi connectivity index (χ0n) is 9.06. The van der Waals surface area contributed by atoms with Crippen LogP contribution in [0.25, 0.3) is 0 Å². The molecule has 0 aliphatic carbocycles. The molecular weight excluding hydrogens is 282 g/mol. The monoisotopic (exact) mass is 293 g/mol. The highest BCUT2D eigenvalue weighted by atomic mass is 79.9. The molecule has 0 aromatic heterocycles. The van der Waals surface area contributed by atoms with Gasteiger partial charge in [0.25, 0.3) is 0 Å². The molecule has 0 spiro atoms. The second kappa shape index (κ2) is 5.10. The van der Waals surface area contributed by atoms with E-state index in [-0.39, 0.29) is 5.75 Å². The number of ether oxygens (including phenoxy) is 1. The molecule has 0 unspecified atom stereocenters. The van der Waals surface area contributed by atoms with Crippen molar-refractivity contribution in [3.05, 3.63) is 52.5 Å². The number of anilines is 1. The minimum Gasteiger partial charge on any atom is -0.508 e. The van der Waals surface area contributed by atoms with Crippen LogP contribution in [0.4, 0.5) is 5.69 Å². The number of aromatic hydroxyl groups is 1. The standard InChI is InChI=1S/C13H12BrNO2/c14-10-5-4-9(13(15)6-10)8-17-12-3-1-2-11(16)7-12/h1-7,16H,8,15H2. The van der Waals surface area contributed by atoms with Gasteiger partial charge < -0.3 is 15.6 Å². The van der Waals surface area contributed by atoms with E-state index in [0.717, 1.165) is 10.0 Å². The molecule has 0 fully saturated rings. The van der Waals surface area contributed by atoms with Gasteiger partial charge in [-0.25, -0.2) is 0 Å². The van der Waals surface area contributed by atoms with Gasteiger partial charge in [-0.15, -0.1) is 0 Å². The molecule has 0 amide bonds. The van der Waals surface area contributed by atoms with Crippen LogP contribution in [0.15, 0.2) is 46.9 Å². The summed E-state index contributed by atoms with van der Waals surface area (Å²) in [6.45, 7) is 0.378. The Morgan fingerprint density at radius 1 is 1.18 bits per heavy atom. The molecule has 17 heavy (non-hydrogen) atoms. The number of nitrogens with two attached hydrogens (primary N) is 1. The van der Waals surface area contributed by atoms with Crippen molar-refractivity contribution in [2.45, 2.75) is 6.61 Å². The molecule has 2 aromatic carbocycles. The molecular formula is C13H12BrNO2. The summed E-state index contributed by atoms with van der Waals surface area (Å²) < 4.78 is 6.48. The Hall–Kier alpha value is -1.68. The van der Waals surface area contributed by atoms with Crippen LogP contribution < -0.4 is 10.5 Å². The lowest BCUT2D eigenvalue weighted by Gasteiger charge is -2.09. The van der Waals surface area contributed by atoms with Gasteiger partial charge in [-0.2, -0.15) is 0 Å². The van der Waals surface area contributed by atoms with E-state index in [4.69, 9.17) is 10.5 Å². The van der Waals surface area contributed by atoms with Crippen molar-refractivity contribution in [1.82, 2.24) is 0 Å². The van der Waals surface area contributed by atoms with E-state index < -0.39 is 0 Å². The van der Waals surface area contributed by atoms with E-state index in [1.54, 1.807) is 24.3 Å².